The Labute approximate surface area is 108 Å². The summed E-state index contributed by atoms with van der Waals surface area (Å²) in [7, 11) is 1.66. The second kappa shape index (κ2) is 6.40. The van der Waals surface area contributed by atoms with Gasteiger partial charge in [-0.1, -0.05) is 13.0 Å². The second-order valence-corrected chi connectivity index (χ2v) is 4.55. The van der Waals surface area contributed by atoms with Crippen LogP contribution in [0.5, 0.6) is 5.75 Å². The molecule has 0 spiro atoms. The molecule has 1 aromatic rings. The molecule has 4 heteroatoms. The van der Waals surface area contributed by atoms with Crippen LogP contribution < -0.4 is 10.1 Å². The van der Waals surface area contributed by atoms with Crippen molar-refractivity contribution >= 4 is 5.97 Å². The molecule has 1 atom stereocenters. The number of hydrogen-bond acceptors (Lipinski definition) is 3. The zero-order valence-corrected chi connectivity index (χ0v) is 11.4. The molecule has 1 unspecified atom stereocenters. The van der Waals surface area contributed by atoms with Gasteiger partial charge in [0.2, 0.25) is 0 Å². The number of methoxy groups -OCH3 is 1. The van der Waals surface area contributed by atoms with E-state index in [9.17, 15) is 4.79 Å². The van der Waals surface area contributed by atoms with Gasteiger partial charge in [-0.15, -0.1) is 0 Å². The van der Waals surface area contributed by atoms with E-state index in [-0.39, 0.29) is 5.92 Å². The lowest BCUT2D eigenvalue weighted by Crippen LogP contribution is -2.26. The quantitative estimate of drug-likeness (QED) is 0.813. The van der Waals surface area contributed by atoms with E-state index in [1.165, 1.54) is 11.1 Å². The Hall–Kier alpha value is -1.55. The van der Waals surface area contributed by atoms with E-state index in [4.69, 9.17) is 9.84 Å². The molecule has 100 valence electrons. The van der Waals surface area contributed by atoms with E-state index >= 15 is 0 Å². The number of carboxylic acids is 1. The van der Waals surface area contributed by atoms with Gasteiger partial charge < -0.3 is 15.2 Å². The van der Waals surface area contributed by atoms with Gasteiger partial charge in [-0.2, -0.15) is 0 Å². The third kappa shape index (κ3) is 3.47. The van der Waals surface area contributed by atoms with E-state index in [1.807, 2.05) is 19.1 Å². The summed E-state index contributed by atoms with van der Waals surface area (Å²) in [6, 6.07) is 3.96. The Morgan fingerprint density at radius 3 is 2.61 bits per heavy atom. The SMILES string of the molecule is COc1ccc(CNCC(C)C(=O)O)c(C)c1C. The van der Waals surface area contributed by atoms with Gasteiger partial charge >= 0.3 is 5.97 Å². The van der Waals surface area contributed by atoms with Crippen molar-refractivity contribution in [1.29, 1.82) is 0 Å². The average molecular weight is 251 g/mol. The molecule has 18 heavy (non-hydrogen) atoms. The summed E-state index contributed by atoms with van der Waals surface area (Å²) in [5.74, 6) is -0.259. The van der Waals surface area contributed by atoms with Gasteiger partial charge in [0.1, 0.15) is 5.75 Å². The molecule has 0 aliphatic carbocycles. The summed E-state index contributed by atoms with van der Waals surface area (Å²) in [6.07, 6.45) is 0. The third-order valence-corrected chi connectivity index (χ3v) is 3.26. The van der Waals surface area contributed by atoms with Crippen LogP contribution in [0.2, 0.25) is 0 Å². The zero-order valence-electron chi connectivity index (χ0n) is 11.4. The lowest BCUT2D eigenvalue weighted by atomic mass is 10.0. The van der Waals surface area contributed by atoms with E-state index < -0.39 is 5.97 Å². The minimum Gasteiger partial charge on any atom is -0.496 e. The first-order valence-corrected chi connectivity index (χ1v) is 6.04. The van der Waals surface area contributed by atoms with Crippen LogP contribution in [0.1, 0.15) is 23.6 Å². The van der Waals surface area contributed by atoms with Crippen molar-refractivity contribution in [3.8, 4) is 5.75 Å². The van der Waals surface area contributed by atoms with E-state index in [1.54, 1.807) is 14.0 Å². The highest BCUT2D eigenvalue weighted by Crippen LogP contribution is 2.23. The summed E-state index contributed by atoms with van der Waals surface area (Å²) in [6.45, 7) is 6.92. The van der Waals surface area contributed by atoms with Crippen LogP contribution in [0.3, 0.4) is 0 Å². The van der Waals surface area contributed by atoms with Gasteiger partial charge in [-0.3, -0.25) is 4.79 Å². The van der Waals surface area contributed by atoms with Gasteiger partial charge in [0, 0.05) is 13.1 Å². The number of aliphatic carboxylic acids is 1. The molecule has 1 rings (SSSR count). The summed E-state index contributed by atoms with van der Waals surface area (Å²) < 4.78 is 5.26. The average Bonchev–Trinajstić information content (AvgIpc) is 2.34. The number of benzene rings is 1. The monoisotopic (exact) mass is 251 g/mol. The molecule has 0 fully saturated rings. The number of hydrogen-bond donors (Lipinski definition) is 2. The molecule has 2 N–H and O–H groups in total. The maximum Gasteiger partial charge on any atom is 0.307 e. The van der Waals surface area contributed by atoms with Crippen molar-refractivity contribution in [2.24, 2.45) is 5.92 Å². The molecule has 4 nitrogen and oxygen atoms in total. The minimum absolute atomic E-state index is 0.371. The molecule has 0 aromatic heterocycles. The van der Waals surface area contributed by atoms with Crippen molar-refractivity contribution in [1.82, 2.24) is 5.32 Å². The molecule has 0 bridgehead atoms. The molecule has 0 aliphatic rings. The Morgan fingerprint density at radius 2 is 2.06 bits per heavy atom. The number of carboxylic acid groups (broad SMARTS) is 1. The normalized spacial score (nSPS) is 12.2. The van der Waals surface area contributed by atoms with E-state index in [0.717, 1.165) is 11.3 Å². The molecule has 0 heterocycles. The van der Waals surface area contributed by atoms with E-state index in [0.29, 0.717) is 13.1 Å². The summed E-state index contributed by atoms with van der Waals surface area (Å²) >= 11 is 0. The highest BCUT2D eigenvalue weighted by atomic mass is 16.5. The van der Waals surface area contributed by atoms with Crippen molar-refractivity contribution in [2.45, 2.75) is 27.3 Å². The van der Waals surface area contributed by atoms with Crippen molar-refractivity contribution in [3.63, 3.8) is 0 Å². The van der Waals surface area contributed by atoms with Crippen LogP contribution in [0.25, 0.3) is 0 Å². The molecule has 0 aliphatic heterocycles. The highest BCUT2D eigenvalue weighted by molar-refractivity contribution is 5.69. The predicted molar refractivity (Wildman–Crippen MR) is 71.0 cm³/mol. The maximum atomic E-state index is 10.7. The number of ether oxygens (including phenoxy) is 1. The van der Waals surface area contributed by atoms with Crippen LogP contribution in [0, 0.1) is 19.8 Å². The molecule has 0 radical (unpaired) electrons. The number of nitrogens with one attached hydrogen (secondary N) is 1. The smallest absolute Gasteiger partial charge is 0.307 e. The molecule has 0 amide bonds. The van der Waals surface area contributed by atoms with Gasteiger partial charge in [-0.05, 0) is 36.6 Å². The van der Waals surface area contributed by atoms with Gasteiger partial charge in [0.25, 0.3) is 0 Å². The van der Waals surface area contributed by atoms with Gasteiger partial charge in [0.15, 0.2) is 0 Å². The van der Waals surface area contributed by atoms with Gasteiger partial charge in [-0.25, -0.2) is 0 Å². The molecular formula is C14H21NO3. The third-order valence-electron chi connectivity index (χ3n) is 3.26. The maximum absolute atomic E-state index is 10.7. The predicted octanol–water partition coefficient (Wildman–Crippen LogP) is 2.12. The molecule has 0 saturated carbocycles. The Kier molecular flexibility index (Phi) is 5.16. The molecular weight excluding hydrogens is 230 g/mol. The first-order valence-electron chi connectivity index (χ1n) is 6.04. The Bertz CT molecular complexity index is 429. The fourth-order valence-corrected chi connectivity index (χ4v) is 1.78. The van der Waals surface area contributed by atoms with Crippen LogP contribution >= 0.6 is 0 Å². The molecule has 0 saturated heterocycles. The lowest BCUT2D eigenvalue weighted by molar-refractivity contribution is -0.140. The zero-order chi connectivity index (χ0) is 13.7. The van der Waals surface area contributed by atoms with Crippen LogP contribution in [0.15, 0.2) is 12.1 Å². The van der Waals surface area contributed by atoms with E-state index in [2.05, 4.69) is 12.2 Å². The lowest BCUT2D eigenvalue weighted by Gasteiger charge is -2.14. The summed E-state index contributed by atoms with van der Waals surface area (Å²) in [5.41, 5.74) is 3.48. The second-order valence-electron chi connectivity index (χ2n) is 4.55. The first-order chi connectivity index (χ1) is 8.47. The minimum atomic E-state index is -0.773. The number of rotatable bonds is 6. The molecule has 1 aromatic carbocycles. The largest absolute Gasteiger partial charge is 0.496 e. The van der Waals surface area contributed by atoms with Crippen LogP contribution in [-0.4, -0.2) is 24.7 Å². The first kappa shape index (κ1) is 14.5. The fourth-order valence-electron chi connectivity index (χ4n) is 1.78. The van der Waals surface area contributed by atoms with Crippen LogP contribution in [-0.2, 0) is 11.3 Å². The summed E-state index contributed by atoms with van der Waals surface area (Å²) in [4.78, 5) is 10.7. The topological polar surface area (TPSA) is 58.6 Å². The number of carbonyl (C=O) groups is 1. The summed E-state index contributed by atoms with van der Waals surface area (Å²) in [5, 5.41) is 12.0. The van der Waals surface area contributed by atoms with Crippen LogP contribution in [0.4, 0.5) is 0 Å². The van der Waals surface area contributed by atoms with Crippen molar-refractivity contribution in [2.75, 3.05) is 13.7 Å². The van der Waals surface area contributed by atoms with Gasteiger partial charge in [0.05, 0.1) is 13.0 Å². The Morgan fingerprint density at radius 1 is 1.39 bits per heavy atom. The standard InChI is InChI=1S/C14H21NO3/c1-9(14(16)17)7-15-8-12-5-6-13(18-4)11(3)10(12)2/h5-6,9,15H,7-8H2,1-4H3,(H,16,17). The highest BCUT2D eigenvalue weighted by Gasteiger charge is 2.11. The Balaban J connectivity index is 2.63. The van der Waals surface area contributed by atoms with Crippen molar-refractivity contribution < 1.29 is 14.6 Å². The van der Waals surface area contributed by atoms with Crippen molar-refractivity contribution in [3.05, 3.63) is 28.8 Å². The fraction of sp³-hybridized carbons (Fsp3) is 0.500.